The number of carboxylic acid groups (broad SMARTS) is 1. The van der Waals surface area contributed by atoms with Crippen LogP contribution in [-0.2, 0) is 14.3 Å². The number of hydroxylamine groups is 3. The number of carbonyl (C=O) groups is 4. The molecular formula is C35H41N2O11+. The first-order chi connectivity index (χ1) is 23.0. The van der Waals surface area contributed by atoms with Gasteiger partial charge < -0.3 is 34.1 Å². The van der Waals surface area contributed by atoms with Gasteiger partial charge in [0.1, 0.15) is 23.8 Å². The number of methoxy groups -OCH3 is 3. The van der Waals surface area contributed by atoms with Crippen LogP contribution < -0.4 is 19.5 Å². The number of likely N-dealkylation sites (tertiary alicyclic amines) is 1. The maximum Gasteiger partial charge on any atom is 0.556 e. The van der Waals surface area contributed by atoms with Gasteiger partial charge in [-0.1, -0.05) is 12.1 Å². The van der Waals surface area contributed by atoms with Crippen molar-refractivity contribution in [3.05, 3.63) is 88.0 Å². The van der Waals surface area contributed by atoms with E-state index in [2.05, 4.69) is 5.32 Å². The summed E-state index contributed by atoms with van der Waals surface area (Å²) in [5.74, 6) is -0.286. The molecule has 2 N–H and O–H groups in total. The van der Waals surface area contributed by atoms with Gasteiger partial charge in [-0.05, 0) is 84.9 Å². The number of benzene rings is 3. The number of nitrogens with one attached hydrogen (secondary N) is 1. The van der Waals surface area contributed by atoms with Crippen LogP contribution >= 0.6 is 0 Å². The molecule has 13 heteroatoms. The molecule has 2 atom stereocenters. The van der Waals surface area contributed by atoms with Crippen molar-refractivity contribution in [2.24, 2.45) is 0 Å². The number of rotatable bonds is 12. The Hall–Kier alpha value is -4.98. The topological polar surface area (TPSA) is 156 Å². The van der Waals surface area contributed by atoms with Crippen molar-refractivity contribution in [3.63, 3.8) is 0 Å². The van der Waals surface area contributed by atoms with E-state index in [1.165, 1.54) is 45.6 Å². The van der Waals surface area contributed by atoms with Crippen LogP contribution in [0.15, 0.2) is 54.6 Å². The molecule has 1 fully saturated rings. The quantitative estimate of drug-likeness (QED) is 0.152. The van der Waals surface area contributed by atoms with Gasteiger partial charge in [0.15, 0.2) is 25.9 Å². The van der Waals surface area contributed by atoms with Gasteiger partial charge in [0.2, 0.25) is 0 Å². The molecule has 13 nitrogen and oxygen atoms in total. The van der Waals surface area contributed by atoms with Gasteiger partial charge in [-0.3, -0.25) is 14.4 Å². The fraction of sp³-hybridized carbons (Fsp3) is 0.371. The summed E-state index contributed by atoms with van der Waals surface area (Å²) in [5.41, 5.74) is 2.43. The van der Waals surface area contributed by atoms with Gasteiger partial charge >= 0.3 is 12.1 Å². The van der Waals surface area contributed by atoms with Gasteiger partial charge in [-0.25, -0.2) is 4.79 Å². The maximum absolute atomic E-state index is 13.4. The zero-order valence-corrected chi connectivity index (χ0v) is 27.7. The molecule has 0 saturated carbocycles. The molecule has 0 spiro atoms. The Morgan fingerprint density at radius 3 is 2.10 bits per heavy atom. The highest BCUT2D eigenvalue weighted by Gasteiger charge is 2.46. The summed E-state index contributed by atoms with van der Waals surface area (Å²) in [5, 5.41) is 13.2. The highest BCUT2D eigenvalue weighted by molar-refractivity contribution is 6.11. The van der Waals surface area contributed by atoms with Crippen LogP contribution in [0.1, 0.15) is 67.0 Å². The third kappa shape index (κ3) is 8.48. The van der Waals surface area contributed by atoms with E-state index < -0.39 is 22.8 Å². The summed E-state index contributed by atoms with van der Waals surface area (Å²) in [6.07, 6.45) is 0.219. The van der Waals surface area contributed by atoms with Gasteiger partial charge in [0.05, 0.1) is 24.3 Å². The predicted octanol–water partition coefficient (Wildman–Crippen LogP) is 5.06. The van der Waals surface area contributed by atoms with E-state index in [1.54, 1.807) is 30.3 Å². The molecule has 1 aliphatic rings. The number of amides is 2. The normalized spacial score (nSPS) is 17.5. The van der Waals surface area contributed by atoms with Crippen LogP contribution in [0.4, 0.5) is 4.79 Å². The summed E-state index contributed by atoms with van der Waals surface area (Å²) < 4.78 is 25.3. The molecule has 0 aliphatic carbocycles. The van der Waals surface area contributed by atoms with E-state index in [1.807, 2.05) is 13.8 Å². The first-order valence-corrected chi connectivity index (χ1v) is 15.3. The molecular weight excluding hydrogens is 624 g/mol. The van der Waals surface area contributed by atoms with Crippen molar-refractivity contribution in [2.45, 2.75) is 39.2 Å². The standard InChI is InChI=1S/C35H40N2O11/c1-22-16-26(17-23(2)32(22)47-21-44-4)33(39)36-27-8-6-7-15-37(19-27,35(41)42)48-34(40)25-11-9-24(10-12-25)31(38)29-18-28(45-5)13-14-30(29)46-20-43-3/h9-14,16-18,27H,6-8,15,19-21H2,1-5H3,(H-,36,39,41,42)/p+1. The molecule has 0 bridgehead atoms. The van der Waals surface area contributed by atoms with Crippen LogP contribution in [0, 0.1) is 13.8 Å². The molecule has 4 rings (SSSR count). The van der Waals surface area contributed by atoms with E-state index in [0.717, 1.165) is 11.1 Å². The average molecular weight is 666 g/mol. The minimum atomic E-state index is -1.36. The Balaban J connectivity index is 1.49. The van der Waals surface area contributed by atoms with Crippen molar-refractivity contribution in [1.29, 1.82) is 0 Å². The number of carbonyl (C=O) groups excluding carboxylic acids is 3. The fourth-order valence-corrected chi connectivity index (χ4v) is 5.59. The lowest BCUT2D eigenvalue weighted by Crippen LogP contribution is -2.58. The first-order valence-electron chi connectivity index (χ1n) is 15.3. The molecule has 1 heterocycles. The highest BCUT2D eigenvalue weighted by atomic mass is 16.8. The third-order valence-corrected chi connectivity index (χ3v) is 7.97. The Morgan fingerprint density at radius 1 is 0.833 bits per heavy atom. The number of ether oxygens (including phenoxy) is 5. The largest absolute Gasteiger partial charge is 0.556 e. The second kappa shape index (κ2) is 16.2. The summed E-state index contributed by atoms with van der Waals surface area (Å²) in [7, 11) is 4.46. The molecule has 1 saturated heterocycles. The predicted molar refractivity (Wildman–Crippen MR) is 172 cm³/mol. The maximum atomic E-state index is 13.4. The highest BCUT2D eigenvalue weighted by Crippen LogP contribution is 2.29. The van der Waals surface area contributed by atoms with E-state index in [4.69, 9.17) is 28.5 Å². The van der Waals surface area contributed by atoms with Gasteiger partial charge in [-0.2, -0.15) is 4.79 Å². The minimum Gasteiger partial charge on any atom is -0.497 e. The van der Waals surface area contributed by atoms with Crippen molar-refractivity contribution in [3.8, 4) is 17.2 Å². The van der Waals surface area contributed by atoms with E-state index in [-0.39, 0.29) is 55.1 Å². The van der Waals surface area contributed by atoms with Gasteiger partial charge in [-0.15, -0.1) is 0 Å². The SMILES string of the molecule is COCOc1ccc(OC)cc1C(=O)c1ccc(C(=O)O[N+]2(C(=O)O)CCCCC(NC(=O)c3cc(C)c(OCOC)c(C)c3)C2)cc1. The molecule has 0 aromatic heterocycles. The Kier molecular flexibility index (Phi) is 12.1. The lowest BCUT2D eigenvalue weighted by molar-refractivity contribution is -1.03. The molecule has 2 amide bonds. The zero-order chi connectivity index (χ0) is 34.8. The number of hydrogen-bond donors (Lipinski definition) is 2. The lowest BCUT2D eigenvalue weighted by Gasteiger charge is -2.30. The minimum absolute atomic E-state index is 0.0217. The van der Waals surface area contributed by atoms with Crippen molar-refractivity contribution < 1.29 is 57.5 Å². The zero-order valence-electron chi connectivity index (χ0n) is 27.7. The molecule has 3 aromatic rings. The fourth-order valence-electron chi connectivity index (χ4n) is 5.59. The third-order valence-electron chi connectivity index (χ3n) is 7.97. The van der Waals surface area contributed by atoms with Gasteiger partial charge in [0.25, 0.3) is 5.91 Å². The summed E-state index contributed by atoms with van der Waals surface area (Å²) in [6, 6.07) is 13.3. The molecule has 1 aliphatic heterocycles. The van der Waals surface area contributed by atoms with Crippen LogP contribution in [-0.4, -0.2) is 87.6 Å². The number of ketones is 1. The second-order valence-electron chi connectivity index (χ2n) is 11.4. The lowest BCUT2D eigenvalue weighted by atomic mass is 10.0. The summed E-state index contributed by atoms with van der Waals surface area (Å²) >= 11 is 0. The Bertz CT molecular complexity index is 1620. The molecule has 48 heavy (non-hydrogen) atoms. The smallest absolute Gasteiger partial charge is 0.497 e. The van der Waals surface area contributed by atoms with Crippen molar-refractivity contribution in [2.75, 3.05) is 48.0 Å². The first kappa shape index (κ1) is 35.9. The van der Waals surface area contributed by atoms with Gasteiger partial charge in [0, 0.05) is 31.8 Å². The van der Waals surface area contributed by atoms with Crippen LogP contribution in [0.5, 0.6) is 17.2 Å². The van der Waals surface area contributed by atoms with Crippen molar-refractivity contribution >= 4 is 23.8 Å². The molecule has 256 valence electrons. The second-order valence-corrected chi connectivity index (χ2v) is 11.4. The monoisotopic (exact) mass is 665 g/mol. The van der Waals surface area contributed by atoms with E-state index in [0.29, 0.717) is 42.1 Å². The van der Waals surface area contributed by atoms with Crippen LogP contribution in [0.2, 0.25) is 0 Å². The number of hydrogen-bond acceptors (Lipinski definition) is 10. The number of quaternary nitrogens is 1. The number of aryl methyl sites for hydroxylation is 2. The summed E-state index contributed by atoms with van der Waals surface area (Å²) in [4.78, 5) is 58.3. The van der Waals surface area contributed by atoms with E-state index in [9.17, 15) is 24.3 Å². The summed E-state index contributed by atoms with van der Waals surface area (Å²) in [6.45, 7) is 3.50. The number of nitrogens with zero attached hydrogens (tertiary/aromatic N) is 1. The Labute approximate surface area is 278 Å². The van der Waals surface area contributed by atoms with Crippen LogP contribution in [0.25, 0.3) is 0 Å². The molecule has 3 aromatic carbocycles. The Morgan fingerprint density at radius 2 is 1.48 bits per heavy atom. The average Bonchev–Trinajstić information content (AvgIpc) is 3.29. The van der Waals surface area contributed by atoms with Crippen LogP contribution in [0.3, 0.4) is 0 Å². The van der Waals surface area contributed by atoms with Crippen molar-refractivity contribution in [1.82, 2.24) is 5.32 Å². The molecule has 2 unspecified atom stereocenters. The molecule has 0 radical (unpaired) electrons. The van der Waals surface area contributed by atoms with E-state index >= 15 is 0 Å².